The Morgan fingerprint density at radius 1 is 1.53 bits per heavy atom. The Hall–Kier alpha value is -1.43. The largest absolute Gasteiger partial charge is 0.345 e. The van der Waals surface area contributed by atoms with E-state index in [2.05, 4.69) is 25.8 Å². The molecule has 1 aromatic rings. The van der Waals surface area contributed by atoms with Crippen molar-refractivity contribution in [2.75, 3.05) is 13.1 Å². The third-order valence-electron chi connectivity index (χ3n) is 2.88. The molecule has 1 amide bonds. The summed E-state index contributed by atoms with van der Waals surface area (Å²) in [5, 5.41) is 12.9. The number of hydrogen-bond acceptors (Lipinski definition) is 4. The molecule has 0 spiro atoms. The van der Waals surface area contributed by atoms with Gasteiger partial charge < -0.3 is 10.6 Å². The summed E-state index contributed by atoms with van der Waals surface area (Å²) in [4.78, 5) is 16.0. The second-order valence-electron chi connectivity index (χ2n) is 4.72. The van der Waals surface area contributed by atoms with Gasteiger partial charge in [-0.1, -0.05) is 13.8 Å². The Morgan fingerprint density at radius 2 is 2.35 bits per heavy atom. The van der Waals surface area contributed by atoms with Gasteiger partial charge in [-0.15, -0.1) is 5.10 Å². The van der Waals surface area contributed by atoms with E-state index < -0.39 is 0 Å². The van der Waals surface area contributed by atoms with E-state index in [-0.39, 0.29) is 23.7 Å². The SMILES string of the molecule is CC(C)c1nc(C(=O)NC2CCCNC2)n[nH]1. The van der Waals surface area contributed by atoms with Gasteiger partial charge >= 0.3 is 0 Å². The van der Waals surface area contributed by atoms with Crippen LogP contribution in [-0.2, 0) is 0 Å². The summed E-state index contributed by atoms with van der Waals surface area (Å²) in [7, 11) is 0. The summed E-state index contributed by atoms with van der Waals surface area (Å²) in [6.07, 6.45) is 2.11. The maximum absolute atomic E-state index is 11.9. The summed E-state index contributed by atoms with van der Waals surface area (Å²) < 4.78 is 0. The summed E-state index contributed by atoms with van der Waals surface area (Å²) >= 11 is 0. The van der Waals surface area contributed by atoms with Crippen molar-refractivity contribution in [2.45, 2.75) is 38.6 Å². The minimum Gasteiger partial charge on any atom is -0.345 e. The number of carbonyl (C=O) groups excluding carboxylic acids is 1. The van der Waals surface area contributed by atoms with E-state index in [4.69, 9.17) is 0 Å². The molecular weight excluding hydrogens is 218 g/mol. The number of nitrogens with one attached hydrogen (secondary N) is 3. The van der Waals surface area contributed by atoms with E-state index >= 15 is 0 Å². The predicted octanol–water partition coefficient (Wildman–Crippen LogP) is 0.410. The van der Waals surface area contributed by atoms with E-state index in [1.165, 1.54) is 0 Å². The van der Waals surface area contributed by atoms with Crippen LogP contribution in [0.4, 0.5) is 0 Å². The Bertz CT molecular complexity index is 381. The quantitative estimate of drug-likeness (QED) is 0.711. The Labute approximate surface area is 101 Å². The van der Waals surface area contributed by atoms with Crippen molar-refractivity contribution in [1.82, 2.24) is 25.8 Å². The van der Waals surface area contributed by atoms with Crippen molar-refractivity contribution in [3.63, 3.8) is 0 Å². The number of rotatable bonds is 3. The van der Waals surface area contributed by atoms with Gasteiger partial charge in [0, 0.05) is 18.5 Å². The number of piperidine rings is 1. The number of aromatic amines is 1. The number of H-pyrrole nitrogens is 1. The van der Waals surface area contributed by atoms with Gasteiger partial charge in [0.15, 0.2) is 0 Å². The van der Waals surface area contributed by atoms with Crippen molar-refractivity contribution in [3.05, 3.63) is 11.6 Å². The van der Waals surface area contributed by atoms with Gasteiger partial charge in [-0.05, 0) is 19.4 Å². The minimum absolute atomic E-state index is 0.192. The lowest BCUT2D eigenvalue weighted by atomic mass is 10.1. The van der Waals surface area contributed by atoms with Crippen LogP contribution in [0.2, 0.25) is 0 Å². The van der Waals surface area contributed by atoms with Crippen LogP contribution >= 0.6 is 0 Å². The van der Waals surface area contributed by atoms with E-state index in [9.17, 15) is 4.79 Å². The first kappa shape index (κ1) is 12.0. The summed E-state index contributed by atoms with van der Waals surface area (Å²) in [5.41, 5.74) is 0. The molecule has 1 aliphatic heterocycles. The highest BCUT2D eigenvalue weighted by Gasteiger charge is 2.19. The zero-order valence-electron chi connectivity index (χ0n) is 10.3. The third-order valence-corrected chi connectivity index (χ3v) is 2.88. The molecule has 6 nitrogen and oxygen atoms in total. The molecule has 6 heteroatoms. The number of nitrogens with zero attached hydrogens (tertiary/aromatic N) is 2. The molecule has 2 heterocycles. The fraction of sp³-hybridized carbons (Fsp3) is 0.727. The summed E-state index contributed by atoms with van der Waals surface area (Å²) in [5.74, 6) is 1.04. The fourth-order valence-electron chi connectivity index (χ4n) is 1.86. The van der Waals surface area contributed by atoms with E-state index in [0.717, 1.165) is 31.8 Å². The molecule has 2 rings (SSSR count). The molecular formula is C11H19N5O. The standard InChI is InChI=1S/C11H19N5O/c1-7(2)9-14-10(16-15-9)11(17)13-8-4-3-5-12-6-8/h7-8,12H,3-6H2,1-2H3,(H,13,17)(H,14,15,16). The molecule has 0 saturated carbocycles. The van der Waals surface area contributed by atoms with Crippen molar-refractivity contribution in [1.29, 1.82) is 0 Å². The molecule has 0 aliphatic carbocycles. The highest BCUT2D eigenvalue weighted by atomic mass is 16.2. The monoisotopic (exact) mass is 237 g/mol. The number of hydrogen-bond donors (Lipinski definition) is 3. The molecule has 1 aliphatic rings. The van der Waals surface area contributed by atoms with Gasteiger partial charge in [0.1, 0.15) is 5.82 Å². The van der Waals surface area contributed by atoms with Crippen molar-refractivity contribution >= 4 is 5.91 Å². The zero-order chi connectivity index (χ0) is 12.3. The highest BCUT2D eigenvalue weighted by molar-refractivity contribution is 5.90. The van der Waals surface area contributed by atoms with Crippen LogP contribution in [0.3, 0.4) is 0 Å². The molecule has 1 fully saturated rings. The van der Waals surface area contributed by atoms with Crippen LogP contribution < -0.4 is 10.6 Å². The van der Waals surface area contributed by atoms with Crippen LogP contribution in [0.5, 0.6) is 0 Å². The van der Waals surface area contributed by atoms with Gasteiger partial charge in [0.25, 0.3) is 5.91 Å². The summed E-state index contributed by atoms with van der Waals surface area (Å²) in [6, 6.07) is 0.192. The molecule has 0 radical (unpaired) electrons. The van der Waals surface area contributed by atoms with Crippen molar-refractivity contribution < 1.29 is 4.79 Å². The molecule has 17 heavy (non-hydrogen) atoms. The molecule has 1 aromatic heterocycles. The lowest BCUT2D eigenvalue weighted by molar-refractivity contribution is 0.0920. The van der Waals surface area contributed by atoms with Gasteiger partial charge in [0.05, 0.1) is 0 Å². The lowest BCUT2D eigenvalue weighted by Gasteiger charge is -2.23. The Kier molecular flexibility index (Phi) is 3.73. The van der Waals surface area contributed by atoms with Gasteiger partial charge in [0.2, 0.25) is 5.82 Å². The van der Waals surface area contributed by atoms with Gasteiger partial charge in [-0.25, -0.2) is 4.98 Å². The smallest absolute Gasteiger partial charge is 0.291 e. The first-order valence-corrected chi connectivity index (χ1v) is 6.10. The van der Waals surface area contributed by atoms with Crippen LogP contribution in [-0.4, -0.2) is 40.2 Å². The van der Waals surface area contributed by atoms with E-state index in [1.807, 2.05) is 13.8 Å². The first-order chi connectivity index (χ1) is 8.16. The average Bonchev–Trinajstić information content (AvgIpc) is 2.79. The van der Waals surface area contributed by atoms with Crippen LogP contribution in [0.15, 0.2) is 0 Å². The lowest BCUT2D eigenvalue weighted by Crippen LogP contribution is -2.45. The van der Waals surface area contributed by atoms with Crippen molar-refractivity contribution in [2.24, 2.45) is 0 Å². The van der Waals surface area contributed by atoms with Crippen molar-refractivity contribution in [3.8, 4) is 0 Å². The highest BCUT2D eigenvalue weighted by Crippen LogP contribution is 2.08. The second-order valence-corrected chi connectivity index (χ2v) is 4.72. The molecule has 0 bridgehead atoms. The van der Waals surface area contributed by atoms with E-state index in [0.29, 0.717) is 0 Å². The normalized spacial score (nSPS) is 20.5. The Balaban J connectivity index is 1.94. The second kappa shape index (κ2) is 5.27. The number of amides is 1. The molecule has 94 valence electrons. The maximum atomic E-state index is 11.9. The van der Waals surface area contributed by atoms with Gasteiger partial charge in [-0.2, -0.15) is 0 Å². The van der Waals surface area contributed by atoms with Crippen LogP contribution in [0.25, 0.3) is 0 Å². The fourth-order valence-corrected chi connectivity index (χ4v) is 1.86. The minimum atomic E-state index is -0.193. The first-order valence-electron chi connectivity index (χ1n) is 6.10. The Morgan fingerprint density at radius 3 is 2.94 bits per heavy atom. The molecule has 1 saturated heterocycles. The third kappa shape index (κ3) is 3.03. The molecule has 1 atom stereocenters. The predicted molar refractivity (Wildman–Crippen MR) is 63.8 cm³/mol. The topological polar surface area (TPSA) is 82.7 Å². The van der Waals surface area contributed by atoms with Gasteiger partial charge in [-0.3, -0.25) is 9.89 Å². The maximum Gasteiger partial charge on any atom is 0.291 e. The molecule has 1 unspecified atom stereocenters. The zero-order valence-corrected chi connectivity index (χ0v) is 10.3. The van der Waals surface area contributed by atoms with E-state index in [1.54, 1.807) is 0 Å². The molecule has 0 aromatic carbocycles. The number of aromatic nitrogens is 3. The van der Waals surface area contributed by atoms with Crippen LogP contribution in [0.1, 0.15) is 49.1 Å². The molecule has 3 N–H and O–H groups in total. The average molecular weight is 237 g/mol. The summed E-state index contributed by atoms with van der Waals surface area (Å²) in [6.45, 7) is 5.87. The number of carbonyl (C=O) groups is 1. The van der Waals surface area contributed by atoms with Crippen LogP contribution in [0, 0.1) is 0 Å².